The normalized spacial score (nSPS) is 11.4. The predicted octanol–water partition coefficient (Wildman–Crippen LogP) is 1.16. The Morgan fingerprint density at radius 2 is 1.95 bits per heavy atom. The van der Waals surface area contributed by atoms with E-state index in [1.54, 1.807) is 38.1 Å². The summed E-state index contributed by atoms with van der Waals surface area (Å²) in [5, 5.41) is 6.56. The molecule has 1 aromatic heterocycles. The van der Waals surface area contributed by atoms with Gasteiger partial charge in [-0.1, -0.05) is 0 Å². The fourth-order valence-electron chi connectivity index (χ4n) is 1.94. The Labute approximate surface area is 123 Å². The fourth-order valence-corrected chi connectivity index (χ4v) is 3.37. The molecule has 114 valence electrons. The molecule has 0 bridgehead atoms. The molecule has 0 unspecified atom stereocenters. The van der Waals surface area contributed by atoms with Crippen LogP contribution in [0.2, 0.25) is 0 Å². The largest absolute Gasteiger partial charge is 0.492 e. The summed E-state index contributed by atoms with van der Waals surface area (Å²) in [5.74, 6) is 0.638. The molecule has 1 heterocycles. The van der Waals surface area contributed by atoms with Crippen LogP contribution < -0.4 is 15.2 Å². The van der Waals surface area contributed by atoms with Crippen LogP contribution in [0.5, 0.6) is 5.75 Å². The third-order valence-electron chi connectivity index (χ3n) is 2.82. The molecule has 0 aliphatic rings. The Morgan fingerprint density at radius 1 is 1.29 bits per heavy atom. The Balaban J connectivity index is 2.17. The van der Waals surface area contributed by atoms with Gasteiger partial charge in [-0.05, 0) is 38.1 Å². The molecule has 1 aromatic carbocycles. The lowest BCUT2D eigenvalue weighted by Gasteiger charge is -2.09. The summed E-state index contributed by atoms with van der Waals surface area (Å²) in [5.41, 5.74) is 6.74. The highest BCUT2D eigenvalue weighted by molar-refractivity contribution is 7.92. The molecule has 0 fully saturated rings. The molecule has 2 aromatic rings. The lowest BCUT2D eigenvalue weighted by molar-refractivity contribution is 0.328. The SMILES string of the molecule is Cc1n[nH]c(C)c1S(=O)(=O)Nc1ccc(OCCN)cc1. The average molecular weight is 310 g/mol. The van der Waals surface area contributed by atoms with Crippen molar-refractivity contribution in [3.8, 4) is 5.75 Å². The van der Waals surface area contributed by atoms with E-state index < -0.39 is 10.0 Å². The maximum absolute atomic E-state index is 12.3. The van der Waals surface area contributed by atoms with E-state index in [2.05, 4.69) is 14.9 Å². The van der Waals surface area contributed by atoms with Crippen LogP contribution in [0.15, 0.2) is 29.2 Å². The summed E-state index contributed by atoms with van der Waals surface area (Å²) in [4.78, 5) is 0.172. The number of nitrogens with zero attached hydrogens (tertiary/aromatic N) is 1. The maximum atomic E-state index is 12.3. The lowest BCUT2D eigenvalue weighted by Crippen LogP contribution is -2.14. The highest BCUT2D eigenvalue weighted by atomic mass is 32.2. The summed E-state index contributed by atoms with van der Waals surface area (Å²) in [7, 11) is -3.67. The minimum absolute atomic E-state index is 0.172. The number of benzene rings is 1. The first kappa shape index (κ1) is 15.3. The molecular weight excluding hydrogens is 292 g/mol. The van der Waals surface area contributed by atoms with Gasteiger partial charge < -0.3 is 10.5 Å². The first-order chi connectivity index (χ1) is 9.94. The summed E-state index contributed by atoms with van der Waals surface area (Å²) < 4.78 is 32.5. The minimum atomic E-state index is -3.67. The Hall–Kier alpha value is -2.06. The summed E-state index contributed by atoms with van der Waals surface area (Å²) in [6.45, 7) is 4.14. The van der Waals surface area contributed by atoms with E-state index in [4.69, 9.17) is 10.5 Å². The zero-order valence-electron chi connectivity index (χ0n) is 11.9. The molecule has 0 saturated carbocycles. The van der Waals surface area contributed by atoms with Crippen LogP contribution in [0.25, 0.3) is 0 Å². The van der Waals surface area contributed by atoms with Crippen molar-refractivity contribution >= 4 is 15.7 Å². The quantitative estimate of drug-likeness (QED) is 0.741. The van der Waals surface area contributed by atoms with Crippen LogP contribution in [-0.4, -0.2) is 31.8 Å². The van der Waals surface area contributed by atoms with Crippen molar-refractivity contribution in [1.82, 2.24) is 10.2 Å². The first-order valence-electron chi connectivity index (χ1n) is 6.41. The van der Waals surface area contributed by atoms with Crippen LogP contribution in [0.1, 0.15) is 11.4 Å². The molecule has 4 N–H and O–H groups in total. The average Bonchev–Trinajstić information content (AvgIpc) is 2.77. The number of hydrogen-bond acceptors (Lipinski definition) is 5. The summed E-state index contributed by atoms with van der Waals surface area (Å²) >= 11 is 0. The molecule has 0 aliphatic carbocycles. The van der Waals surface area contributed by atoms with Crippen molar-refractivity contribution < 1.29 is 13.2 Å². The van der Waals surface area contributed by atoms with Gasteiger partial charge in [-0.3, -0.25) is 9.82 Å². The monoisotopic (exact) mass is 310 g/mol. The number of rotatable bonds is 6. The van der Waals surface area contributed by atoms with Gasteiger partial charge in [-0.15, -0.1) is 0 Å². The zero-order valence-corrected chi connectivity index (χ0v) is 12.7. The second-order valence-electron chi connectivity index (χ2n) is 4.53. The molecule has 0 atom stereocenters. The lowest BCUT2D eigenvalue weighted by atomic mass is 10.3. The number of nitrogens with two attached hydrogens (primary N) is 1. The van der Waals surface area contributed by atoms with E-state index in [1.807, 2.05) is 0 Å². The Kier molecular flexibility index (Phi) is 4.49. The number of aromatic amines is 1. The number of nitrogens with one attached hydrogen (secondary N) is 2. The van der Waals surface area contributed by atoms with Crippen molar-refractivity contribution in [2.45, 2.75) is 18.7 Å². The molecule has 0 saturated heterocycles. The van der Waals surface area contributed by atoms with Gasteiger partial charge in [0.05, 0.1) is 11.4 Å². The van der Waals surface area contributed by atoms with Gasteiger partial charge in [0.2, 0.25) is 0 Å². The van der Waals surface area contributed by atoms with Crippen molar-refractivity contribution in [2.24, 2.45) is 5.73 Å². The smallest absolute Gasteiger partial charge is 0.265 e. The third kappa shape index (κ3) is 3.53. The number of sulfonamides is 1. The first-order valence-corrected chi connectivity index (χ1v) is 7.89. The highest BCUT2D eigenvalue weighted by Gasteiger charge is 2.22. The molecular formula is C13H18N4O3S. The van der Waals surface area contributed by atoms with E-state index >= 15 is 0 Å². The van der Waals surface area contributed by atoms with Gasteiger partial charge in [-0.25, -0.2) is 8.42 Å². The number of aryl methyl sites for hydroxylation is 2. The van der Waals surface area contributed by atoms with Gasteiger partial charge in [0.1, 0.15) is 17.3 Å². The molecule has 8 heteroatoms. The number of ether oxygens (including phenoxy) is 1. The highest BCUT2D eigenvalue weighted by Crippen LogP contribution is 2.22. The van der Waals surface area contributed by atoms with Crippen LogP contribution in [0, 0.1) is 13.8 Å². The Morgan fingerprint density at radius 3 is 2.48 bits per heavy atom. The van der Waals surface area contributed by atoms with E-state index in [1.165, 1.54) is 0 Å². The van der Waals surface area contributed by atoms with Crippen molar-refractivity contribution in [3.63, 3.8) is 0 Å². The van der Waals surface area contributed by atoms with Crippen molar-refractivity contribution in [1.29, 1.82) is 0 Å². The molecule has 0 radical (unpaired) electrons. The topological polar surface area (TPSA) is 110 Å². The number of H-pyrrole nitrogens is 1. The van der Waals surface area contributed by atoms with Crippen LogP contribution in [0.4, 0.5) is 5.69 Å². The Bertz CT molecular complexity index is 688. The van der Waals surface area contributed by atoms with E-state index in [0.29, 0.717) is 36.0 Å². The molecule has 0 aliphatic heterocycles. The number of anilines is 1. The maximum Gasteiger partial charge on any atom is 0.265 e. The summed E-state index contributed by atoms with van der Waals surface area (Å²) in [6, 6.07) is 6.63. The molecule has 2 rings (SSSR count). The van der Waals surface area contributed by atoms with E-state index in [0.717, 1.165) is 0 Å². The van der Waals surface area contributed by atoms with Gasteiger partial charge in [0, 0.05) is 12.2 Å². The molecule has 7 nitrogen and oxygen atoms in total. The number of aromatic nitrogens is 2. The van der Waals surface area contributed by atoms with Crippen LogP contribution in [0.3, 0.4) is 0 Å². The second kappa shape index (κ2) is 6.15. The summed E-state index contributed by atoms with van der Waals surface area (Å²) in [6.07, 6.45) is 0. The molecule has 0 amide bonds. The van der Waals surface area contributed by atoms with E-state index in [-0.39, 0.29) is 4.90 Å². The van der Waals surface area contributed by atoms with Crippen molar-refractivity contribution in [2.75, 3.05) is 17.9 Å². The van der Waals surface area contributed by atoms with Gasteiger partial charge in [0.15, 0.2) is 0 Å². The van der Waals surface area contributed by atoms with E-state index in [9.17, 15) is 8.42 Å². The molecule has 21 heavy (non-hydrogen) atoms. The third-order valence-corrected chi connectivity index (χ3v) is 4.47. The van der Waals surface area contributed by atoms with Crippen molar-refractivity contribution in [3.05, 3.63) is 35.7 Å². The van der Waals surface area contributed by atoms with Crippen LogP contribution >= 0.6 is 0 Å². The van der Waals surface area contributed by atoms with Gasteiger partial charge >= 0.3 is 0 Å². The van der Waals surface area contributed by atoms with Gasteiger partial charge in [-0.2, -0.15) is 5.10 Å². The standard InChI is InChI=1S/C13H18N4O3S/c1-9-13(10(2)16-15-9)21(18,19)17-11-3-5-12(6-4-11)20-8-7-14/h3-6,17H,7-8,14H2,1-2H3,(H,15,16). The fraction of sp³-hybridized carbons (Fsp3) is 0.308. The second-order valence-corrected chi connectivity index (χ2v) is 6.15. The van der Waals surface area contributed by atoms with Crippen LogP contribution in [-0.2, 0) is 10.0 Å². The predicted molar refractivity (Wildman–Crippen MR) is 79.9 cm³/mol. The minimum Gasteiger partial charge on any atom is -0.492 e. The number of hydrogen-bond donors (Lipinski definition) is 3. The molecule has 0 spiro atoms. The van der Waals surface area contributed by atoms with Gasteiger partial charge in [0.25, 0.3) is 10.0 Å². The zero-order chi connectivity index (χ0) is 15.5.